The highest BCUT2D eigenvalue weighted by atomic mass is 19.1. The van der Waals surface area contributed by atoms with Crippen molar-refractivity contribution in [1.82, 2.24) is 0 Å². The van der Waals surface area contributed by atoms with Crippen LogP contribution in [-0.4, -0.2) is 11.1 Å². The molecule has 2 nitrogen and oxygen atoms in total. The molecular formula is C13H17FO2. The van der Waals surface area contributed by atoms with E-state index >= 15 is 0 Å². The second-order valence-electron chi connectivity index (χ2n) is 4.44. The second kappa shape index (κ2) is 4.64. The van der Waals surface area contributed by atoms with Gasteiger partial charge >= 0.3 is 5.97 Å². The van der Waals surface area contributed by atoms with Crippen molar-refractivity contribution in [1.29, 1.82) is 0 Å². The summed E-state index contributed by atoms with van der Waals surface area (Å²) in [5, 5.41) is 8.96. The number of carboxylic acids is 1. The highest BCUT2D eigenvalue weighted by Gasteiger charge is 2.19. The molecule has 1 atom stereocenters. The third-order valence-electron chi connectivity index (χ3n) is 2.84. The summed E-state index contributed by atoms with van der Waals surface area (Å²) in [6.07, 6.45) is 0. The molecule has 1 aromatic rings. The minimum Gasteiger partial charge on any atom is -0.481 e. The number of halogens is 1. The van der Waals surface area contributed by atoms with Crippen LogP contribution in [0.25, 0.3) is 0 Å². The van der Waals surface area contributed by atoms with Gasteiger partial charge in [0.25, 0.3) is 0 Å². The maximum Gasteiger partial charge on any atom is 0.310 e. The van der Waals surface area contributed by atoms with Crippen molar-refractivity contribution >= 4 is 5.97 Å². The predicted molar refractivity (Wildman–Crippen MR) is 61.3 cm³/mol. The van der Waals surface area contributed by atoms with Gasteiger partial charge in [0.2, 0.25) is 0 Å². The molecule has 0 amide bonds. The molecule has 0 aromatic heterocycles. The molecule has 0 bridgehead atoms. The van der Waals surface area contributed by atoms with Crippen molar-refractivity contribution in [2.45, 2.75) is 39.5 Å². The van der Waals surface area contributed by atoms with Crippen LogP contribution in [0.3, 0.4) is 0 Å². The van der Waals surface area contributed by atoms with Gasteiger partial charge in [0.1, 0.15) is 5.82 Å². The van der Waals surface area contributed by atoms with Crippen LogP contribution < -0.4 is 0 Å². The van der Waals surface area contributed by atoms with Gasteiger partial charge in [0, 0.05) is 0 Å². The van der Waals surface area contributed by atoms with Crippen molar-refractivity contribution in [3.05, 3.63) is 34.6 Å². The minimum atomic E-state index is -0.885. The highest BCUT2D eigenvalue weighted by molar-refractivity contribution is 5.76. The summed E-state index contributed by atoms with van der Waals surface area (Å²) in [6.45, 7) is 7.14. The van der Waals surface area contributed by atoms with Gasteiger partial charge in [-0.05, 0) is 42.5 Å². The lowest BCUT2D eigenvalue weighted by molar-refractivity contribution is -0.138. The molecule has 0 aliphatic heterocycles. The number of rotatable bonds is 3. The molecule has 3 heteroatoms. The summed E-state index contributed by atoms with van der Waals surface area (Å²) in [4.78, 5) is 10.9. The van der Waals surface area contributed by atoms with E-state index in [2.05, 4.69) is 0 Å². The standard InChI is InChI=1S/C13H17FO2/c1-7(2)10-6-11(9(4)13(15)16)8(3)5-12(10)14/h5-7,9H,1-4H3,(H,15,16). The monoisotopic (exact) mass is 224 g/mol. The van der Waals surface area contributed by atoms with E-state index in [1.165, 1.54) is 6.07 Å². The quantitative estimate of drug-likeness (QED) is 0.853. The van der Waals surface area contributed by atoms with Gasteiger partial charge in [-0.1, -0.05) is 19.9 Å². The Hall–Kier alpha value is -1.38. The molecule has 0 spiro atoms. The predicted octanol–water partition coefficient (Wildman–Crippen LogP) is 3.45. The maximum absolute atomic E-state index is 13.6. The summed E-state index contributed by atoms with van der Waals surface area (Å²) in [5.74, 6) is -1.68. The Morgan fingerprint density at radius 1 is 1.25 bits per heavy atom. The fourth-order valence-electron chi connectivity index (χ4n) is 1.75. The first-order valence-corrected chi connectivity index (χ1v) is 5.37. The summed E-state index contributed by atoms with van der Waals surface area (Å²) >= 11 is 0. The van der Waals surface area contributed by atoms with Gasteiger partial charge in [-0.3, -0.25) is 4.79 Å². The Labute approximate surface area is 95.1 Å². The van der Waals surface area contributed by atoms with Crippen molar-refractivity contribution in [3.8, 4) is 0 Å². The Balaban J connectivity index is 3.30. The molecule has 0 heterocycles. The van der Waals surface area contributed by atoms with E-state index in [1.807, 2.05) is 13.8 Å². The zero-order valence-corrected chi connectivity index (χ0v) is 10.0. The zero-order valence-electron chi connectivity index (χ0n) is 10.0. The first-order valence-electron chi connectivity index (χ1n) is 5.37. The molecule has 0 radical (unpaired) electrons. The van der Waals surface area contributed by atoms with Gasteiger partial charge in [0.15, 0.2) is 0 Å². The number of aliphatic carboxylic acids is 1. The SMILES string of the molecule is Cc1cc(F)c(C(C)C)cc1C(C)C(=O)O. The molecule has 88 valence electrons. The maximum atomic E-state index is 13.6. The first-order chi connectivity index (χ1) is 7.34. The van der Waals surface area contributed by atoms with E-state index < -0.39 is 11.9 Å². The van der Waals surface area contributed by atoms with E-state index in [-0.39, 0.29) is 11.7 Å². The van der Waals surface area contributed by atoms with E-state index in [0.717, 1.165) is 0 Å². The Morgan fingerprint density at radius 3 is 2.25 bits per heavy atom. The molecule has 0 saturated heterocycles. The van der Waals surface area contributed by atoms with Crippen molar-refractivity contribution in [2.75, 3.05) is 0 Å². The fourth-order valence-corrected chi connectivity index (χ4v) is 1.75. The average Bonchev–Trinajstić information content (AvgIpc) is 2.16. The van der Waals surface area contributed by atoms with E-state index in [9.17, 15) is 9.18 Å². The molecule has 0 aliphatic rings. The number of hydrogen-bond donors (Lipinski definition) is 1. The minimum absolute atomic E-state index is 0.0559. The number of carbonyl (C=O) groups is 1. The molecule has 1 N–H and O–H groups in total. The summed E-state index contributed by atoms with van der Waals surface area (Å²) in [5.41, 5.74) is 1.96. The van der Waals surface area contributed by atoms with Crippen LogP contribution in [-0.2, 0) is 4.79 Å². The molecular weight excluding hydrogens is 207 g/mol. The van der Waals surface area contributed by atoms with Crippen LogP contribution >= 0.6 is 0 Å². The van der Waals surface area contributed by atoms with Gasteiger partial charge in [0.05, 0.1) is 5.92 Å². The lowest BCUT2D eigenvalue weighted by Crippen LogP contribution is -2.10. The van der Waals surface area contributed by atoms with Crippen LogP contribution in [0.15, 0.2) is 12.1 Å². The highest BCUT2D eigenvalue weighted by Crippen LogP contribution is 2.27. The topological polar surface area (TPSA) is 37.3 Å². The first kappa shape index (κ1) is 12.7. The number of aryl methyl sites for hydroxylation is 1. The number of carboxylic acid groups (broad SMARTS) is 1. The van der Waals surface area contributed by atoms with E-state index in [0.29, 0.717) is 16.7 Å². The van der Waals surface area contributed by atoms with Crippen LogP contribution in [0.4, 0.5) is 4.39 Å². The van der Waals surface area contributed by atoms with Gasteiger partial charge < -0.3 is 5.11 Å². The van der Waals surface area contributed by atoms with Crippen LogP contribution in [0.2, 0.25) is 0 Å². The molecule has 0 aliphatic carbocycles. The summed E-state index contributed by atoms with van der Waals surface area (Å²) in [7, 11) is 0. The molecule has 1 unspecified atom stereocenters. The summed E-state index contributed by atoms with van der Waals surface area (Å²) < 4.78 is 13.6. The van der Waals surface area contributed by atoms with Crippen molar-refractivity contribution < 1.29 is 14.3 Å². The van der Waals surface area contributed by atoms with E-state index in [4.69, 9.17) is 5.11 Å². The third kappa shape index (κ3) is 2.40. The largest absolute Gasteiger partial charge is 0.481 e. The number of hydrogen-bond acceptors (Lipinski definition) is 1. The normalized spacial score (nSPS) is 12.9. The van der Waals surface area contributed by atoms with Crippen molar-refractivity contribution in [3.63, 3.8) is 0 Å². The fraction of sp³-hybridized carbons (Fsp3) is 0.462. The van der Waals surface area contributed by atoms with Crippen molar-refractivity contribution in [2.24, 2.45) is 0 Å². The molecule has 16 heavy (non-hydrogen) atoms. The molecule has 0 saturated carbocycles. The van der Waals surface area contributed by atoms with Gasteiger partial charge in [-0.2, -0.15) is 0 Å². The Kier molecular flexibility index (Phi) is 3.68. The van der Waals surface area contributed by atoms with Gasteiger partial charge in [-0.15, -0.1) is 0 Å². The molecule has 0 fully saturated rings. The smallest absolute Gasteiger partial charge is 0.310 e. The third-order valence-corrected chi connectivity index (χ3v) is 2.84. The summed E-state index contributed by atoms with van der Waals surface area (Å²) in [6, 6.07) is 3.10. The lowest BCUT2D eigenvalue weighted by atomic mass is 9.91. The lowest BCUT2D eigenvalue weighted by Gasteiger charge is -2.15. The molecule has 1 aromatic carbocycles. The zero-order chi connectivity index (χ0) is 12.5. The van der Waals surface area contributed by atoms with E-state index in [1.54, 1.807) is 19.9 Å². The molecule has 1 rings (SSSR count). The van der Waals surface area contributed by atoms with Crippen LogP contribution in [0.1, 0.15) is 49.3 Å². The average molecular weight is 224 g/mol. The van der Waals surface area contributed by atoms with Crippen LogP contribution in [0, 0.1) is 12.7 Å². The Morgan fingerprint density at radius 2 is 1.81 bits per heavy atom. The number of benzene rings is 1. The Bertz CT molecular complexity index is 411. The van der Waals surface area contributed by atoms with Crippen LogP contribution in [0.5, 0.6) is 0 Å². The van der Waals surface area contributed by atoms with Gasteiger partial charge in [-0.25, -0.2) is 4.39 Å². The second-order valence-corrected chi connectivity index (χ2v) is 4.44.